The summed E-state index contributed by atoms with van der Waals surface area (Å²) in [5.41, 5.74) is 3.82. The number of halogens is 6. The number of hydrogen-bond acceptors (Lipinski definition) is 0. The van der Waals surface area contributed by atoms with Crippen LogP contribution in [0.2, 0.25) is 0 Å². The Morgan fingerprint density at radius 2 is 0.725 bits per heavy atom. The minimum atomic E-state index is -10.7. The summed E-state index contributed by atoms with van der Waals surface area (Å²) in [5, 5.41) is 3.19. The van der Waals surface area contributed by atoms with Crippen molar-refractivity contribution in [1.29, 1.82) is 0 Å². The molecule has 3 fully saturated rings. The predicted molar refractivity (Wildman–Crippen MR) is 162 cm³/mol. The molecule has 0 amide bonds. The van der Waals surface area contributed by atoms with Crippen LogP contribution in [-0.4, -0.2) is 22.6 Å². The van der Waals surface area contributed by atoms with E-state index in [9.17, 15) is 25.2 Å². The fraction of sp³-hybridized carbons (Fsp3) is 0.467. The van der Waals surface area contributed by atoms with Crippen molar-refractivity contribution in [2.24, 2.45) is 0 Å². The first kappa shape index (κ1) is 38.0. The van der Waals surface area contributed by atoms with E-state index in [1.165, 1.54) is 38.5 Å². The Labute approximate surface area is 254 Å². The fourth-order valence-electron chi connectivity index (χ4n) is 5.11. The predicted octanol–water partition coefficient (Wildman–Crippen LogP) is 11.7. The maximum atomic E-state index is 9.87. The van der Waals surface area contributed by atoms with Gasteiger partial charge in [-0.1, -0.05) is 104 Å². The molecule has 5 radical (unpaired) electrons. The topological polar surface area (TPSA) is 0 Å². The zero-order valence-corrected chi connectivity index (χ0v) is 28.7. The van der Waals surface area contributed by atoms with Gasteiger partial charge in [0.2, 0.25) is 0 Å². The summed E-state index contributed by atoms with van der Waals surface area (Å²) in [4.78, 5) is 0. The average Bonchev–Trinajstić information content (AvgIpc) is 2.78. The number of hydrogen-bond donors (Lipinski definition) is 0. The molecule has 2 aromatic carbocycles. The molecule has 0 bridgehead atoms. The molecule has 5 rings (SSSR count). The molecule has 2 saturated heterocycles. The summed E-state index contributed by atoms with van der Waals surface area (Å²) in [7, 11) is -10.3. The number of rotatable bonds is 2. The van der Waals surface area contributed by atoms with E-state index in [0.29, 0.717) is 0 Å². The van der Waals surface area contributed by atoms with Gasteiger partial charge in [-0.3, -0.25) is 0 Å². The van der Waals surface area contributed by atoms with E-state index in [2.05, 4.69) is 114 Å². The molecule has 10 heteroatoms. The van der Waals surface area contributed by atoms with Gasteiger partial charge in [-0.25, -0.2) is 0 Å². The van der Waals surface area contributed by atoms with Crippen LogP contribution in [0.15, 0.2) is 60.7 Å². The Morgan fingerprint density at radius 1 is 0.500 bits per heavy atom. The zero-order chi connectivity index (χ0) is 29.2. The standard InChI is InChI=1S/2C11H15P.C8H12.F6P.Ir/c2*1-9-8-10(2)12(9)11-6-4-3-5-7-11;1-2-4-6-8-7-5-3-1;1-7(2,3,4,5)6;/h2*3-7,9-10H,8H2,1-2H3;1-2,7-8H,3-6H2;;/q;;;-1;/t2*9-,10-;;;/m11.../s1. The van der Waals surface area contributed by atoms with E-state index < -0.39 is 7.81 Å². The van der Waals surface area contributed by atoms with Gasteiger partial charge >= 0.3 is 33.0 Å². The van der Waals surface area contributed by atoms with Crippen LogP contribution in [0.25, 0.3) is 0 Å². The molecule has 0 spiro atoms. The van der Waals surface area contributed by atoms with Gasteiger partial charge in [0.1, 0.15) is 0 Å². The summed E-state index contributed by atoms with van der Waals surface area (Å²) < 4.78 is 59.2. The molecule has 4 atom stereocenters. The van der Waals surface area contributed by atoms with E-state index in [0.717, 1.165) is 22.6 Å². The van der Waals surface area contributed by atoms with Crippen molar-refractivity contribution in [2.45, 2.75) is 88.9 Å². The monoisotopic (exact) mass is 802 g/mol. The van der Waals surface area contributed by atoms with Crippen LogP contribution in [0.3, 0.4) is 0 Å². The van der Waals surface area contributed by atoms with Crippen molar-refractivity contribution in [1.82, 2.24) is 0 Å². The molecule has 3 aliphatic rings. The minimum absolute atomic E-state index is 0. The third-order valence-electron chi connectivity index (χ3n) is 6.71. The van der Waals surface area contributed by atoms with Crippen LogP contribution >= 0.6 is 23.7 Å². The zero-order valence-electron chi connectivity index (χ0n) is 23.6. The van der Waals surface area contributed by atoms with Crippen molar-refractivity contribution >= 4 is 34.3 Å². The van der Waals surface area contributed by atoms with Crippen molar-refractivity contribution in [3.63, 3.8) is 0 Å². The van der Waals surface area contributed by atoms with Gasteiger partial charge in [-0.2, -0.15) is 0 Å². The van der Waals surface area contributed by atoms with Crippen LogP contribution in [0.1, 0.15) is 66.2 Å². The third-order valence-corrected chi connectivity index (χ3v) is 13.1. The average molecular weight is 802 g/mol. The molecule has 0 N–H and O–H groups in total. The van der Waals surface area contributed by atoms with Crippen molar-refractivity contribution < 1.29 is 45.3 Å². The van der Waals surface area contributed by atoms with Crippen molar-refractivity contribution in [3.05, 3.63) is 86.3 Å². The first-order valence-corrected chi connectivity index (χ1v) is 18.5. The number of benzene rings is 2. The minimum Gasteiger partial charge on any atom is -0.0496 e. The van der Waals surface area contributed by atoms with Crippen LogP contribution in [0.5, 0.6) is 0 Å². The molecule has 0 aromatic heterocycles. The normalized spacial score (nSPS) is 26.8. The molecule has 1 aliphatic carbocycles. The molecule has 40 heavy (non-hydrogen) atoms. The van der Waals surface area contributed by atoms with E-state index in [4.69, 9.17) is 0 Å². The van der Waals surface area contributed by atoms with E-state index in [-0.39, 0.29) is 35.9 Å². The van der Waals surface area contributed by atoms with E-state index in [1.54, 1.807) is 10.6 Å². The molecule has 2 aliphatic heterocycles. The smallest absolute Gasteiger partial charge is 0 e. The van der Waals surface area contributed by atoms with Crippen molar-refractivity contribution in [3.8, 4) is 0 Å². The molecule has 0 nitrogen and oxygen atoms in total. The largest absolute Gasteiger partial charge is 0.0496 e. The van der Waals surface area contributed by atoms with Gasteiger partial charge in [-0.05, 0) is 97.5 Å². The van der Waals surface area contributed by atoms with Gasteiger partial charge in [0.25, 0.3) is 0 Å². The summed E-state index contributed by atoms with van der Waals surface area (Å²) >= 11 is 0. The quantitative estimate of drug-likeness (QED) is 0.210. The second-order valence-corrected chi connectivity index (χ2v) is 18.5. The first-order chi connectivity index (χ1) is 18.0. The Balaban J connectivity index is 0.000000272. The van der Waals surface area contributed by atoms with Gasteiger partial charge in [0.15, 0.2) is 0 Å². The van der Waals surface area contributed by atoms with Crippen LogP contribution < -0.4 is 10.6 Å². The first-order valence-electron chi connectivity index (χ1n) is 13.6. The maximum absolute atomic E-state index is 10.7. The Hall–Kier alpha value is -0.0406. The third kappa shape index (κ3) is 16.6. The Bertz CT molecular complexity index is 851. The molecule has 2 aromatic rings. The summed E-state index contributed by atoms with van der Waals surface area (Å²) in [6.45, 7) is 9.55. The Kier molecular flexibility index (Phi) is 15.3. The molecule has 0 unspecified atom stereocenters. The molecular formula is C30H42F6IrP3-. The molecule has 229 valence electrons. The second kappa shape index (κ2) is 16.1. The van der Waals surface area contributed by atoms with Gasteiger partial charge in [0, 0.05) is 20.1 Å². The summed E-state index contributed by atoms with van der Waals surface area (Å²) in [6, 6.07) is 22.0. The van der Waals surface area contributed by atoms with Crippen LogP contribution in [0.4, 0.5) is 25.2 Å². The summed E-state index contributed by atoms with van der Waals surface area (Å²) in [5.74, 6) is 0. The van der Waals surface area contributed by atoms with Crippen LogP contribution in [0, 0.1) is 25.7 Å². The molecule has 1 saturated carbocycles. The summed E-state index contributed by atoms with van der Waals surface area (Å²) in [6.07, 6.45) is 16.9. The SMILES string of the molecule is C[C@@H]1C[C@@H](C)P1c1ccccc1.C[C@@H]1C[C@@H](C)P1c1ccccc1.F[P-](F)(F)(F)(F)F.[CH]1[CH]CC[CH][CH]CC1.[Ir]. The molecule has 2 heterocycles. The maximum Gasteiger partial charge on any atom is 0 e. The molecular weight excluding hydrogens is 759 g/mol. The van der Waals surface area contributed by atoms with Crippen LogP contribution in [-0.2, 0) is 20.1 Å². The van der Waals surface area contributed by atoms with Gasteiger partial charge in [-0.15, -0.1) is 0 Å². The van der Waals surface area contributed by atoms with E-state index in [1.807, 2.05) is 0 Å². The van der Waals surface area contributed by atoms with Crippen molar-refractivity contribution in [2.75, 3.05) is 0 Å². The Morgan fingerprint density at radius 3 is 0.925 bits per heavy atom. The fourth-order valence-corrected chi connectivity index (χ4v) is 11.3. The van der Waals surface area contributed by atoms with Gasteiger partial charge in [0.05, 0.1) is 0 Å². The van der Waals surface area contributed by atoms with Gasteiger partial charge < -0.3 is 0 Å². The van der Waals surface area contributed by atoms with E-state index >= 15 is 0 Å². The second-order valence-electron chi connectivity index (χ2n) is 10.4.